The number of hydrogen-bond acceptors (Lipinski definition) is 3. The van der Waals surface area contributed by atoms with Crippen LogP contribution in [0.5, 0.6) is 0 Å². The highest BCUT2D eigenvalue weighted by Crippen LogP contribution is 2.22. The van der Waals surface area contributed by atoms with Crippen LogP contribution in [0.4, 0.5) is 11.5 Å². The molecule has 0 aliphatic rings. The second-order valence-corrected chi connectivity index (χ2v) is 5.98. The number of carbonyl (C=O) groups is 1. The first-order chi connectivity index (χ1) is 10.1. The van der Waals surface area contributed by atoms with Crippen LogP contribution in [-0.2, 0) is 0 Å². The fraction of sp³-hybridized carbons (Fsp3) is 0.200. The number of nitrogens with zero attached hydrogens (tertiary/aromatic N) is 1. The summed E-state index contributed by atoms with van der Waals surface area (Å²) in [5.74, 6) is 0.403. The van der Waals surface area contributed by atoms with Gasteiger partial charge in [0.15, 0.2) is 0 Å². The maximum atomic E-state index is 12.4. The first kappa shape index (κ1) is 16.0. The van der Waals surface area contributed by atoms with Gasteiger partial charge in [0.05, 0.1) is 16.3 Å². The van der Waals surface area contributed by atoms with E-state index in [0.717, 1.165) is 22.2 Å². The fourth-order valence-corrected chi connectivity index (χ4v) is 2.43. The van der Waals surface area contributed by atoms with E-state index in [2.05, 4.69) is 45.1 Å². The van der Waals surface area contributed by atoms with Gasteiger partial charge < -0.3 is 10.6 Å². The number of carbonyl (C=O) groups excluding carboxylic acids is 1. The Morgan fingerprint density at radius 2 is 2.14 bits per heavy atom. The second kappa shape index (κ2) is 7.61. The molecule has 0 radical (unpaired) electrons. The summed E-state index contributed by atoms with van der Waals surface area (Å²) in [5, 5.41) is 6.34. The number of pyridine rings is 1. The Morgan fingerprint density at radius 1 is 1.38 bits per heavy atom. The highest BCUT2D eigenvalue weighted by Gasteiger charge is 2.13. The van der Waals surface area contributed by atoms with E-state index in [9.17, 15) is 4.79 Å². The molecule has 0 aliphatic carbocycles. The number of para-hydroxylation sites is 1. The molecule has 21 heavy (non-hydrogen) atoms. The number of aromatic nitrogens is 1. The van der Waals surface area contributed by atoms with Crippen LogP contribution < -0.4 is 10.6 Å². The van der Waals surface area contributed by atoms with Gasteiger partial charge >= 0.3 is 0 Å². The molecule has 0 saturated carbocycles. The summed E-state index contributed by atoms with van der Waals surface area (Å²) in [4.78, 5) is 16.5. The lowest BCUT2D eigenvalue weighted by atomic mass is 10.2. The number of amides is 1. The standard InChI is InChI=1S/C15H15ClIN3O/c1-2-7-18-14-8-10(11(16)9-19-14)15(21)20-13-6-4-3-5-12(13)17/h3-6,8-9H,2,7H2,1H3,(H,18,19)(H,20,21). The summed E-state index contributed by atoms with van der Waals surface area (Å²) in [6, 6.07) is 9.25. The monoisotopic (exact) mass is 415 g/mol. The summed E-state index contributed by atoms with van der Waals surface area (Å²) in [6.45, 7) is 2.86. The van der Waals surface area contributed by atoms with Crippen LogP contribution in [0.15, 0.2) is 36.5 Å². The molecule has 0 bridgehead atoms. The van der Waals surface area contributed by atoms with E-state index in [0.29, 0.717) is 16.4 Å². The number of anilines is 2. The Balaban J connectivity index is 2.20. The van der Waals surface area contributed by atoms with Crippen LogP contribution in [0, 0.1) is 3.57 Å². The number of rotatable bonds is 5. The third-order valence-electron chi connectivity index (χ3n) is 2.78. The predicted molar refractivity (Wildman–Crippen MR) is 95.1 cm³/mol. The molecule has 1 aromatic carbocycles. The summed E-state index contributed by atoms with van der Waals surface area (Å²) in [5.41, 5.74) is 1.17. The van der Waals surface area contributed by atoms with E-state index >= 15 is 0 Å². The Morgan fingerprint density at radius 3 is 2.86 bits per heavy atom. The molecule has 0 saturated heterocycles. The molecule has 6 heteroatoms. The third kappa shape index (κ3) is 4.31. The minimum absolute atomic E-state index is 0.244. The van der Waals surface area contributed by atoms with Crippen molar-refractivity contribution in [1.82, 2.24) is 4.98 Å². The van der Waals surface area contributed by atoms with Gasteiger partial charge in [0, 0.05) is 16.3 Å². The number of hydrogen-bond donors (Lipinski definition) is 2. The topological polar surface area (TPSA) is 54.0 Å². The van der Waals surface area contributed by atoms with Crippen LogP contribution >= 0.6 is 34.2 Å². The number of benzene rings is 1. The fourth-order valence-electron chi connectivity index (χ4n) is 1.71. The van der Waals surface area contributed by atoms with Gasteiger partial charge in [-0.15, -0.1) is 0 Å². The Kier molecular flexibility index (Phi) is 5.81. The Bertz CT molecular complexity index is 649. The molecule has 2 N–H and O–H groups in total. The molecular weight excluding hydrogens is 401 g/mol. The van der Waals surface area contributed by atoms with Gasteiger partial charge in [0.25, 0.3) is 5.91 Å². The zero-order chi connectivity index (χ0) is 15.2. The van der Waals surface area contributed by atoms with Crippen LogP contribution in [0.2, 0.25) is 5.02 Å². The van der Waals surface area contributed by atoms with Crippen molar-refractivity contribution in [3.05, 3.63) is 50.7 Å². The Labute approximate surface area is 142 Å². The van der Waals surface area contributed by atoms with Crippen molar-refractivity contribution in [2.75, 3.05) is 17.2 Å². The van der Waals surface area contributed by atoms with Gasteiger partial charge in [-0.25, -0.2) is 4.98 Å². The first-order valence-electron chi connectivity index (χ1n) is 6.57. The quantitative estimate of drug-likeness (QED) is 0.711. The molecule has 2 aromatic rings. The van der Waals surface area contributed by atoms with Crippen LogP contribution in [0.1, 0.15) is 23.7 Å². The molecule has 0 atom stereocenters. The predicted octanol–water partition coefficient (Wildman–Crippen LogP) is 4.41. The lowest BCUT2D eigenvalue weighted by Crippen LogP contribution is -2.14. The largest absolute Gasteiger partial charge is 0.370 e. The van der Waals surface area contributed by atoms with Crippen molar-refractivity contribution < 1.29 is 4.79 Å². The minimum Gasteiger partial charge on any atom is -0.370 e. The van der Waals surface area contributed by atoms with E-state index in [1.165, 1.54) is 6.20 Å². The molecule has 0 spiro atoms. The van der Waals surface area contributed by atoms with Gasteiger partial charge in [-0.1, -0.05) is 30.7 Å². The molecule has 4 nitrogen and oxygen atoms in total. The van der Waals surface area contributed by atoms with E-state index in [-0.39, 0.29) is 5.91 Å². The van der Waals surface area contributed by atoms with Crippen molar-refractivity contribution in [1.29, 1.82) is 0 Å². The molecule has 0 unspecified atom stereocenters. The average Bonchev–Trinajstić information content (AvgIpc) is 2.48. The SMILES string of the molecule is CCCNc1cc(C(=O)Nc2ccccc2I)c(Cl)cn1. The minimum atomic E-state index is -0.244. The van der Waals surface area contributed by atoms with E-state index < -0.39 is 0 Å². The summed E-state index contributed by atoms with van der Waals surface area (Å²) in [6.07, 6.45) is 2.47. The molecule has 1 heterocycles. The van der Waals surface area contributed by atoms with Crippen molar-refractivity contribution in [2.45, 2.75) is 13.3 Å². The summed E-state index contributed by atoms with van der Waals surface area (Å²) in [7, 11) is 0. The maximum absolute atomic E-state index is 12.4. The van der Waals surface area contributed by atoms with Crippen molar-refractivity contribution in [3.8, 4) is 0 Å². The highest BCUT2D eigenvalue weighted by molar-refractivity contribution is 14.1. The zero-order valence-corrected chi connectivity index (χ0v) is 14.4. The van der Waals surface area contributed by atoms with Crippen molar-refractivity contribution in [2.24, 2.45) is 0 Å². The normalized spacial score (nSPS) is 10.2. The van der Waals surface area contributed by atoms with Crippen molar-refractivity contribution >= 4 is 51.6 Å². The zero-order valence-electron chi connectivity index (χ0n) is 11.5. The molecule has 0 fully saturated rings. The third-order valence-corrected chi connectivity index (χ3v) is 4.02. The summed E-state index contributed by atoms with van der Waals surface area (Å²) < 4.78 is 0.970. The molecule has 0 aliphatic heterocycles. The lowest BCUT2D eigenvalue weighted by Gasteiger charge is -2.10. The van der Waals surface area contributed by atoms with E-state index in [1.54, 1.807) is 6.07 Å². The number of nitrogens with one attached hydrogen (secondary N) is 2. The van der Waals surface area contributed by atoms with Crippen molar-refractivity contribution in [3.63, 3.8) is 0 Å². The molecular formula is C15H15ClIN3O. The van der Waals surface area contributed by atoms with Gasteiger partial charge in [0.1, 0.15) is 5.82 Å². The molecule has 110 valence electrons. The lowest BCUT2D eigenvalue weighted by molar-refractivity contribution is 0.102. The van der Waals surface area contributed by atoms with Gasteiger partial charge in [-0.05, 0) is 47.2 Å². The molecule has 2 rings (SSSR count). The molecule has 1 aromatic heterocycles. The summed E-state index contributed by atoms with van der Waals surface area (Å²) >= 11 is 8.25. The van der Waals surface area contributed by atoms with E-state index in [1.807, 2.05) is 24.3 Å². The van der Waals surface area contributed by atoms with E-state index in [4.69, 9.17) is 11.6 Å². The van der Waals surface area contributed by atoms with Gasteiger partial charge in [-0.3, -0.25) is 4.79 Å². The average molecular weight is 416 g/mol. The number of halogens is 2. The molecule has 1 amide bonds. The van der Waals surface area contributed by atoms with Crippen LogP contribution in [0.3, 0.4) is 0 Å². The Hall–Kier alpha value is -1.34. The van der Waals surface area contributed by atoms with Gasteiger partial charge in [0.2, 0.25) is 0 Å². The van der Waals surface area contributed by atoms with Gasteiger partial charge in [-0.2, -0.15) is 0 Å². The smallest absolute Gasteiger partial charge is 0.257 e. The first-order valence-corrected chi connectivity index (χ1v) is 8.02. The maximum Gasteiger partial charge on any atom is 0.257 e. The van der Waals surface area contributed by atoms with Crippen LogP contribution in [0.25, 0.3) is 0 Å². The highest BCUT2D eigenvalue weighted by atomic mass is 127. The second-order valence-electron chi connectivity index (χ2n) is 4.41. The van der Waals surface area contributed by atoms with Crippen LogP contribution in [-0.4, -0.2) is 17.4 Å².